The summed E-state index contributed by atoms with van der Waals surface area (Å²) in [7, 11) is 3.91. The first kappa shape index (κ1) is 13.3. The molecule has 0 amide bonds. The minimum Gasteiger partial charge on any atom is -0.308 e. The number of hydrogen-bond acceptors (Lipinski definition) is 3. The fourth-order valence-corrected chi connectivity index (χ4v) is 3.06. The molecule has 102 valence electrons. The Hall–Kier alpha value is -1.72. The van der Waals surface area contributed by atoms with Crippen molar-refractivity contribution in [2.24, 2.45) is 7.05 Å². The largest absolute Gasteiger partial charge is 0.308 e. The molecule has 1 unspecified atom stereocenters. The van der Waals surface area contributed by atoms with Crippen molar-refractivity contribution in [2.45, 2.75) is 6.04 Å². The van der Waals surface area contributed by atoms with Crippen LogP contribution in [0.2, 0.25) is 0 Å². The number of nitrogens with one attached hydrogen (secondary N) is 1. The molecule has 0 fully saturated rings. The molecule has 2 heterocycles. The Bertz CT molecular complexity index is 731. The molecule has 0 aliphatic heterocycles. The molecule has 0 saturated heterocycles. The van der Waals surface area contributed by atoms with E-state index in [1.54, 1.807) is 0 Å². The Kier molecular flexibility index (Phi) is 3.54. The van der Waals surface area contributed by atoms with Gasteiger partial charge < -0.3 is 5.32 Å². The van der Waals surface area contributed by atoms with Gasteiger partial charge >= 0.3 is 0 Å². The third kappa shape index (κ3) is 2.23. The van der Waals surface area contributed by atoms with E-state index in [0.717, 1.165) is 21.1 Å². The second-order valence-corrected chi connectivity index (χ2v) is 5.53. The van der Waals surface area contributed by atoms with Crippen LogP contribution in [-0.2, 0) is 7.05 Å². The lowest BCUT2D eigenvalue weighted by atomic mass is 10.0. The zero-order valence-electron chi connectivity index (χ0n) is 11.3. The molecule has 0 spiro atoms. The fourth-order valence-electron chi connectivity index (χ4n) is 2.48. The van der Waals surface area contributed by atoms with Crippen LogP contribution in [0.5, 0.6) is 0 Å². The standard InChI is InChI=1S/C15H15BrN4/c1-17-14(15-12(16)9-19-20(15)2)11-5-6-13-10(8-11)4-3-7-18-13/h3-9,14,17H,1-2H3. The van der Waals surface area contributed by atoms with E-state index in [1.165, 1.54) is 5.56 Å². The number of aromatic nitrogens is 3. The normalized spacial score (nSPS) is 12.8. The zero-order valence-corrected chi connectivity index (χ0v) is 12.9. The number of rotatable bonds is 3. The highest BCUT2D eigenvalue weighted by Gasteiger charge is 2.19. The van der Waals surface area contributed by atoms with E-state index in [4.69, 9.17) is 0 Å². The minimum absolute atomic E-state index is 0.0847. The minimum atomic E-state index is 0.0847. The van der Waals surface area contributed by atoms with Crippen LogP contribution in [0.1, 0.15) is 17.3 Å². The average molecular weight is 331 g/mol. The number of hydrogen-bond donors (Lipinski definition) is 1. The molecule has 3 aromatic rings. The van der Waals surface area contributed by atoms with Gasteiger partial charge in [-0.15, -0.1) is 0 Å². The van der Waals surface area contributed by atoms with Crippen LogP contribution >= 0.6 is 15.9 Å². The SMILES string of the molecule is CNC(c1ccc2ncccc2c1)c1c(Br)cnn1C. The fraction of sp³-hybridized carbons (Fsp3) is 0.200. The summed E-state index contributed by atoms with van der Waals surface area (Å²) >= 11 is 3.57. The van der Waals surface area contributed by atoms with Gasteiger partial charge in [0.05, 0.1) is 27.9 Å². The predicted octanol–water partition coefficient (Wildman–Crippen LogP) is 3.04. The van der Waals surface area contributed by atoms with Crippen molar-refractivity contribution in [1.29, 1.82) is 0 Å². The van der Waals surface area contributed by atoms with Gasteiger partial charge in [-0.2, -0.15) is 5.10 Å². The van der Waals surface area contributed by atoms with Crippen molar-refractivity contribution in [3.8, 4) is 0 Å². The van der Waals surface area contributed by atoms with E-state index >= 15 is 0 Å². The molecule has 4 nitrogen and oxygen atoms in total. The highest BCUT2D eigenvalue weighted by Crippen LogP contribution is 2.29. The van der Waals surface area contributed by atoms with E-state index in [9.17, 15) is 0 Å². The summed E-state index contributed by atoms with van der Waals surface area (Å²) in [4.78, 5) is 4.36. The number of halogens is 1. The monoisotopic (exact) mass is 330 g/mol. The maximum absolute atomic E-state index is 4.36. The van der Waals surface area contributed by atoms with Gasteiger partial charge in [0.1, 0.15) is 0 Å². The van der Waals surface area contributed by atoms with E-state index < -0.39 is 0 Å². The van der Waals surface area contributed by atoms with Crippen LogP contribution in [0.15, 0.2) is 47.2 Å². The lowest BCUT2D eigenvalue weighted by Gasteiger charge is -2.18. The molecular formula is C15H15BrN4. The molecule has 1 atom stereocenters. The quantitative estimate of drug-likeness (QED) is 0.802. The first-order valence-corrected chi connectivity index (χ1v) is 7.19. The Balaban J connectivity index is 2.12. The van der Waals surface area contributed by atoms with Crippen LogP contribution in [0.25, 0.3) is 10.9 Å². The molecule has 5 heteroatoms. The lowest BCUT2D eigenvalue weighted by Crippen LogP contribution is -2.21. The molecular weight excluding hydrogens is 316 g/mol. The highest BCUT2D eigenvalue weighted by atomic mass is 79.9. The molecule has 0 aliphatic rings. The third-order valence-corrected chi connectivity index (χ3v) is 4.07. The topological polar surface area (TPSA) is 42.7 Å². The van der Waals surface area contributed by atoms with Crippen LogP contribution in [-0.4, -0.2) is 21.8 Å². The van der Waals surface area contributed by atoms with E-state index in [0.29, 0.717) is 0 Å². The van der Waals surface area contributed by atoms with Crippen molar-refractivity contribution >= 4 is 26.8 Å². The van der Waals surface area contributed by atoms with E-state index in [-0.39, 0.29) is 6.04 Å². The molecule has 0 aliphatic carbocycles. The van der Waals surface area contributed by atoms with Gasteiger partial charge in [-0.25, -0.2) is 0 Å². The number of aryl methyl sites for hydroxylation is 1. The molecule has 0 saturated carbocycles. The van der Waals surface area contributed by atoms with E-state index in [2.05, 4.69) is 55.6 Å². The van der Waals surface area contributed by atoms with Gasteiger partial charge in [-0.1, -0.05) is 12.1 Å². The van der Waals surface area contributed by atoms with Crippen molar-refractivity contribution in [3.63, 3.8) is 0 Å². The predicted molar refractivity (Wildman–Crippen MR) is 83.6 cm³/mol. The second kappa shape index (κ2) is 5.34. The molecule has 0 bridgehead atoms. The van der Waals surface area contributed by atoms with Gasteiger partial charge in [0.2, 0.25) is 0 Å². The van der Waals surface area contributed by atoms with Crippen LogP contribution < -0.4 is 5.32 Å². The van der Waals surface area contributed by atoms with Crippen molar-refractivity contribution in [2.75, 3.05) is 7.05 Å². The van der Waals surface area contributed by atoms with Crippen molar-refractivity contribution in [3.05, 3.63) is 58.5 Å². The molecule has 1 aromatic carbocycles. The first-order chi connectivity index (χ1) is 9.70. The highest BCUT2D eigenvalue weighted by molar-refractivity contribution is 9.10. The summed E-state index contributed by atoms with van der Waals surface area (Å²) < 4.78 is 2.89. The van der Waals surface area contributed by atoms with Gasteiger partial charge in [-0.05, 0) is 46.7 Å². The molecule has 1 N–H and O–H groups in total. The first-order valence-electron chi connectivity index (χ1n) is 6.40. The van der Waals surface area contributed by atoms with Crippen LogP contribution in [0.4, 0.5) is 0 Å². The second-order valence-electron chi connectivity index (χ2n) is 4.68. The third-order valence-electron chi connectivity index (χ3n) is 3.46. The number of nitrogens with zero attached hydrogens (tertiary/aromatic N) is 3. The summed E-state index contributed by atoms with van der Waals surface area (Å²) in [5.74, 6) is 0. The Morgan fingerprint density at radius 1 is 1.30 bits per heavy atom. The van der Waals surface area contributed by atoms with Crippen LogP contribution in [0.3, 0.4) is 0 Å². The summed E-state index contributed by atoms with van der Waals surface area (Å²) in [6.45, 7) is 0. The summed E-state index contributed by atoms with van der Waals surface area (Å²) in [6.07, 6.45) is 3.64. The Labute approximate surface area is 126 Å². The maximum Gasteiger partial charge on any atom is 0.0757 e. The van der Waals surface area contributed by atoms with Crippen LogP contribution in [0, 0.1) is 0 Å². The van der Waals surface area contributed by atoms with Gasteiger partial charge in [0.25, 0.3) is 0 Å². The number of pyridine rings is 1. The Morgan fingerprint density at radius 3 is 2.85 bits per heavy atom. The number of fused-ring (bicyclic) bond motifs is 1. The van der Waals surface area contributed by atoms with Gasteiger partial charge in [0, 0.05) is 18.6 Å². The summed E-state index contributed by atoms with van der Waals surface area (Å²) in [5.41, 5.74) is 3.31. The maximum atomic E-state index is 4.36. The molecule has 0 radical (unpaired) electrons. The van der Waals surface area contributed by atoms with E-state index in [1.807, 2.05) is 37.2 Å². The van der Waals surface area contributed by atoms with Gasteiger partial charge in [-0.3, -0.25) is 9.67 Å². The summed E-state index contributed by atoms with van der Waals surface area (Å²) in [5, 5.41) is 8.79. The smallest absolute Gasteiger partial charge is 0.0757 e. The Morgan fingerprint density at radius 2 is 2.15 bits per heavy atom. The van der Waals surface area contributed by atoms with Crippen molar-refractivity contribution < 1.29 is 0 Å². The lowest BCUT2D eigenvalue weighted by molar-refractivity contribution is 0.604. The average Bonchev–Trinajstić information content (AvgIpc) is 2.80. The zero-order chi connectivity index (χ0) is 14.1. The molecule has 20 heavy (non-hydrogen) atoms. The van der Waals surface area contributed by atoms with Gasteiger partial charge in [0.15, 0.2) is 0 Å². The summed E-state index contributed by atoms with van der Waals surface area (Å²) in [6, 6.07) is 10.5. The molecule has 3 rings (SSSR count). The molecule has 2 aromatic heterocycles. The number of benzene rings is 1. The van der Waals surface area contributed by atoms with Crippen molar-refractivity contribution in [1.82, 2.24) is 20.1 Å².